The fourth-order valence-corrected chi connectivity index (χ4v) is 3.19. The highest BCUT2D eigenvalue weighted by Crippen LogP contribution is 2.24. The SMILES string of the molecule is Cc1cc(F)ccc1S(=O)(=O)NC(C)(C)C(C)(C)O. The molecule has 4 nitrogen and oxygen atoms in total. The van der Waals surface area contributed by atoms with Crippen LogP contribution in [0.5, 0.6) is 0 Å². The van der Waals surface area contributed by atoms with E-state index in [1.165, 1.54) is 26.8 Å². The van der Waals surface area contributed by atoms with Gasteiger partial charge in [-0.15, -0.1) is 0 Å². The Morgan fingerprint density at radius 2 is 1.74 bits per heavy atom. The van der Waals surface area contributed by atoms with E-state index >= 15 is 0 Å². The molecule has 0 aliphatic rings. The fourth-order valence-electron chi connectivity index (χ4n) is 1.43. The maximum absolute atomic E-state index is 13.0. The Morgan fingerprint density at radius 3 is 2.16 bits per heavy atom. The summed E-state index contributed by atoms with van der Waals surface area (Å²) in [5.41, 5.74) is -1.99. The molecular formula is C13H20FNO3S. The number of benzene rings is 1. The Morgan fingerprint density at radius 1 is 1.21 bits per heavy atom. The maximum Gasteiger partial charge on any atom is 0.241 e. The van der Waals surface area contributed by atoms with Crippen molar-refractivity contribution in [2.75, 3.05) is 0 Å². The second kappa shape index (κ2) is 4.85. The van der Waals surface area contributed by atoms with Gasteiger partial charge in [-0.25, -0.2) is 17.5 Å². The predicted molar refractivity (Wildman–Crippen MR) is 71.8 cm³/mol. The monoisotopic (exact) mass is 289 g/mol. The average molecular weight is 289 g/mol. The van der Waals surface area contributed by atoms with Crippen molar-refractivity contribution < 1.29 is 17.9 Å². The molecule has 108 valence electrons. The van der Waals surface area contributed by atoms with Crippen molar-refractivity contribution >= 4 is 10.0 Å². The van der Waals surface area contributed by atoms with Crippen LogP contribution in [0.2, 0.25) is 0 Å². The molecule has 0 spiro atoms. The first-order valence-electron chi connectivity index (χ1n) is 5.89. The Bertz CT molecular complexity index is 574. The van der Waals surface area contributed by atoms with Gasteiger partial charge in [-0.2, -0.15) is 0 Å². The predicted octanol–water partition coefficient (Wildman–Crippen LogP) is 1.96. The summed E-state index contributed by atoms with van der Waals surface area (Å²) < 4.78 is 40.0. The zero-order valence-electron chi connectivity index (χ0n) is 11.8. The van der Waals surface area contributed by atoms with Gasteiger partial charge in [0.2, 0.25) is 10.0 Å². The van der Waals surface area contributed by atoms with Crippen LogP contribution in [0, 0.1) is 12.7 Å². The highest BCUT2D eigenvalue weighted by molar-refractivity contribution is 7.89. The van der Waals surface area contributed by atoms with Crippen LogP contribution in [0.25, 0.3) is 0 Å². The Kier molecular flexibility index (Phi) is 4.10. The molecule has 0 atom stereocenters. The number of aliphatic hydroxyl groups is 1. The zero-order chi connectivity index (χ0) is 15.1. The van der Waals surface area contributed by atoms with Crippen LogP contribution in [0.1, 0.15) is 33.3 Å². The smallest absolute Gasteiger partial charge is 0.241 e. The highest BCUT2D eigenvalue weighted by Gasteiger charge is 2.39. The summed E-state index contributed by atoms with van der Waals surface area (Å²) in [4.78, 5) is 0.00576. The molecule has 0 aromatic heterocycles. The normalized spacial score (nSPS) is 13.6. The molecule has 0 saturated heterocycles. The van der Waals surface area contributed by atoms with Crippen molar-refractivity contribution in [2.24, 2.45) is 0 Å². The molecule has 0 heterocycles. The number of halogens is 1. The van der Waals surface area contributed by atoms with E-state index in [1.54, 1.807) is 13.8 Å². The lowest BCUT2D eigenvalue weighted by atomic mass is 9.87. The zero-order valence-corrected chi connectivity index (χ0v) is 12.6. The second-order valence-corrected chi connectivity index (χ2v) is 7.35. The summed E-state index contributed by atoms with van der Waals surface area (Å²) in [7, 11) is -3.83. The molecular weight excluding hydrogens is 269 g/mol. The largest absolute Gasteiger partial charge is 0.389 e. The highest BCUT2D eigenvalue weighted by atomic mass is 32.2. The van der Waals surface area contributed by atoms with Crippen molar-refractivity contribution in [3.63, 3.8) is 0 Å². The molecule has 2 N–H and O–H groups in total. The molecule has 19 heavy (non-hydrogen) atoms. The summed E-state index contributed by atoms with van der Waals surface area (Å²) in [5.74, 6) is -0.488. The van der Waals surface area contributed by atoms with Crippen molar-refractivity contribution in [1.29, 1.82) is 0 Å². The van der Waals surface area contributed by atoms with Crippen molar-refractivity contribution in [3.05, 3.63) is 29.6 Å². The van der Waals surface area contributed by atoms with Gasteiger partial charge in [0, 0.05) is 0 Å². The molecule has 0 radical (unpaired) electrons. The minimum atomic E-state index is -3.83. The van der Waals surface area contributed by atoms with E-state index < -0.39 is 27.0 Å². The lowest BCUT2D eigenvalue weighted by Gasteiger charge is -2.37. The van der Waals surface area contributed by atoms with Gasteiger partial charge in [-0.1, -0.05) is 0 Å². The molecule has 0 aliphatic carbocycles. The minimum Gasteiger partial charge on any atom is -0.389 e. The van der Waals surface area contributed by atoms with Crippen LogP contribution in [0.3, 0.4) is 0 Å². The van der Waals surface area contributed by atoms with Crippen LogP contribution < -0.4 is 4.72 Å². The molecule has 0 bridgehead atoms. The number of hydrogen-bond acceptors (Lipinski definition) is 3. The summed E-state index contributed by atoms with van der Waals surface area (Å²) in [6.45, 7) is 7.74. The molecule has 1 aromatic rings. The summed E-state index contributed by atoms with van der Waals surface area (Å²) >= 11 is 0. The standard InChI is InChI=1S/C13H20FNO3S/c1-9-8-10(14)6-7-11(9)19(17,18)15-12(2,3)13(4,5)16/h6-8,15-16H,1-5H3. The van der Waals surface area contributed by atoms with E-state index in [4.69, 9.17) is 0 Å². The molecule has 0 amide bonds. The summed E-state index contributed by atoms with van der Waals surface area (Å²) in [6, 6.07) is 3.47. The minimum absolute atomic E-state index is 0.00576. The van der Waals surface area contributed by atoms with Gasteiger partial charge in [0.05, 0.1) is 16.0 Å². The molecule has 1 rings (SSSR count). The quantitative estimate of drug-likeness (QED) is 0.890. The van der Waals surface area contributed by atoms with Crippen LogP contribution in [-0.4, -0.2) is 24.7 Å². The molecule has 0 unspecified atom stereocenters. The van der Waals surface area contributed by atoms with Gasteiger partial charge < -0.3 is 5.11 Å². The van der Waals surface area contributed by atoms with Crippen LogP contribution in [0.15, 0.2) is 23.1 Å². The van der Waals surface area contributed by atoms with E-state index in [0.29, 0.717) is 5.56 Å². The van der Waals surface area contributed by atoms with Crippen molar-refractivity contribution in [2.45, 2.75) is 50.7 Å². The maximum atomic E-state index is 13.0. The molecule has 0 aliphatic heterocycles. The molecule has 1 aromatic carbocycles. The second-order valence-electron chi connectivity index (χ2n) is 5.70. The number of hydrogen-bond donors (Lipinski definition) is 2. The van der Waals surface area contributed by atoms with Crippen LogP contribution in [-0.2, 0) is 10.0 Å². The first kappa shape index (κ1) is 16.1. The van der Waals surface area contributed by atoms with Gasteiger partial charge in [0.25, 0.3) is 0 Å². The molecule has 6 heteroatoms. The van der Waals surface area contributed by atoms with Crippen molar-refractivity contribution in [1.82, 2.24) is 4.72 Å². The number of sulfonamides is 1. The summed E-state index contributed by atoms with van der Waals surface area (Å²) in [5, 5.41) is 9.98. The van der Waals surface area contributed by atoms with Gasteiger partial charge >= 0.3 is 0 Å². The van der Waals surface area contributed by atoms with E-state index in [-0.39, 0.29) is 4.90 Å². The van der Waals surface area contributed by atoms with Crippen molar-refractivity contribution in [3.8, 4) is 0 Å². The van der Waals surface area contributed by atoms with E-state index in [9.17, 15) is 17.9 Å². The third-order valence-corrected chi connectivity index (χ3v) is 5.16. The first-order chi connectivity index (χ1) is 8.37. The Balaban J connectivity index is 3.20. The van der Waals surface area contributed by atoms with Gasteiger partial charge in [-0.3, -0.25) is 0 Å². The first-order valence-corrected chi connectivity index (χ1v) is 7.38. The summed E-state index contributed by atoms with van der Waals surface area (Å²) in [6.07, 6.45) is 0. The lowest BCUT2D eigenvalue weighted by molar-refractivity contribution is 0.00638. The number of nitrogens with one attached hydrogen (secondary N) is 1. The number of aryl methyl sites for hydroxylation is 1. The Hall–Kier alpha value is -0.980. The van der Waals surface area contributed by atoms with E-state index in [1.807, 2.05) is 0 Å². The lowest BCUT2D eigenvalue weighted by Crippen LogP contribution is -2.57. The third kappa shape index (κ3) is 3.52. The topological polar surface area (TPSA) is 66.4 Å². The van der Waals surface area contributed by atoms with Crippen LogP contribution in [0.4, 0.5) is 4.39 Å². The van der Waals surface area contributed by atoms with Gasteiger partial charge in [-0.05, 0) is 58.4 Å². The third-order valence-electron chi connectivity index (χ3n) is 3.35. The van der Waals surface area contributed by atoms with E-state index in [2.05, 4.69) is 4.72 Å². The Labute approximate surface area is 113 Å². The molecule has 0 saturated carbocycles. The van der Waals surface area contributed by atoms with Crippen LogP contribution >= 0.6 is 0 Å². The average Bonchev–Trinajstić information content (AvgIpc) is 2.12. The number of rotatable bonds is 4. The van der Waals surface area contributed by atoms with E-state index in [0.717, 1.165) is 12.1 Å². The van der Waals surface area contributed by atoms with Gasteiger partial charge in [0.1, 0.15) is 5.82 Å². The van der Waals surface area contributed by atoms with Gasteiger partial charge in [0.15, 0.2) is 0 Å². The molecule has 0 fully saturated rings. The fraction of sp³-hybridized carbons (Fsp3) is 0.538.